The Morgan fingerprint density at radius 1 is 1.15 bits per heavy atom. The van der Waals surface area contributed by atoms with Crippen molar-refractivity contribution in [2.75, 3.05) is 5.32 Å². The number of nitrogens with one attached hydrogen (secondary N) is 1. The Morgan fingerprint density at radius 2 is 2.00 bits per heavy atom. The van der Waals surface area contributed by atoms with E-state index < -0.39 is 0 Å². The summed E-state index contributed by atoms with van der Waals surface area (Å²) in [5.41, 5.74) is 3.40. The number of carbonyl (C=O) groups excluding carboxylic acids is 1. The summed E-state index contributed by atoms with van der Waals surface area (Å²) in [4.78, 5) is 16.1. The van der Waals surface area contributed by atoms with Crippen LogP contribution in [-0.2, 0) is 12.8 Å². The van der Waals surface area contributed by atoms with Crippen molar-refractivity contribution in [2.45, 2.75) is 25.7 Å². The first kappa shape index (κ1) is 12.7. The smallest absolute Gasteiger partial charge is 0.278 e. The number of benzene rings is 1. The lowest BCUT2D eigenvalue weighted by atomic mass is 9.90. The Hall–Kier alpha value is -2.36. The van der Waals surface area contributed by atoms with Crippen molar-refractivity contribution < 1.29 is 9.90 Å². The quantitative estimate of drug-likeness (QED) is 0.880. The van der Waals surface area contributed by atoms with Crippen LogP contribution in [0.1, 0.15) is 34.5 Å². The Bertz CT molecular complexity index is 653. The van der Waals surface area contributed by atoms with Gasteiger partial charge < -0.3 is 10.4 Å². The highest BCUT2D eigenvalue weighted by atomic mass is 16.3. The fraction of sp³-hybridized carbons (Fsp3) is 0.250. The molecule has 3 rings (SSSR count). The summed E-state index contributed by atoms with van der Waals surface area (Å²) >= 11 is 0. The second kappa shape index (κ2) is 5.33. The average molecular weight is 268 g/mol. The number of rotatable bonds is 2. The molecule has 0 radical (unpaired) electrons. The summed E-state index contributed by atoms with van der Waals surface area (Å²) in [6.45, 7) is 0. The van der Waals surface area contributed by atoms with Crippen LogP contribution in [-0.4, -0.2) is 16.0 Å². The van der Waals surface area contributed by atoms with Crippen LogP contribution in [0.3, 0.4) is 0 Å². The number of aromatic hydroxyl groups is 1. The van der Waals surface area contributed by atoms with E-state index >= 15 is 0 Å². The Labute approximate surface area is 117 Å². The van der Waals surface area contributed by atoms with Gasteiger partial charge in [-0.2, -0.15) is 0 Å². The Kier molecular flexibility index (Phi) is 3.37. The van der Waals surface area contributed by atoms with Crippen molar-refractivity contribution in [3.05, 3.63) is 53.3 Å². The van der Waals surface area contributed by atoms with Crippen molar-refractivity contribution in [2.24, 2.45) is 0 Å². The maximum atomic E-state index is 12.2. The first-order valence-corrected chi connectivity index (χ1v) is 6.82. The van der Waals surface area contributed by atoms with E-state index in [4.69, 9.17) is 0 Å². The third-order valence-corrected chi connectivity index (χ3v) is 3.65. The number of nitrogens with zero attached hydrogens (tertiary/aromatic N) is 1. The number of carbonyl (C=O) groups is 1. The molecule has 2 N–H and O–H groups in total. The second-order valence-corrected chi connectivity index (χ2v) is 4.98. The van der Waals surface area contributed by atoms with Crippen LogP contribution in [0.5, 0.6) is 5.75 Å². The molecule has 4 heteroatoms. The molecule has 0 fully saturated rings. The highest BCUT2D eigenvalue weighted by Gasteiger charge is 2.17. The Balaban J connectivity index is 1.89. The van der Waals surface area contributed by atoms with E-state index in [9.17, 15) is 9.90 Å². The van der Waals surface area contributed by atoms with E-state index in [0.717, 1.165) is 24.9 Å². The van der Waals surface area contributed by atoms with Gasteiger partial charge >= 0.3 is 0 Å². The lowest BCUT2D eigenvalue weighted by molar-refractivity contribution is 0.101. The van der Waals surface area contributed by atoms with Gasteiger partial charge in [0.05, 0.1) is 0 Å². The second-order valence-electron chi connectivity index (χ2n) is 4.98. The normalized spacial score (nSPS) is 13.6. The molecule has 20 heavy (non-hydrogen) atoms. The van der Waals surface area contributed by atoms with E-state index in [-0.39, 0.29) is 17.4 Å². The van der Waals surface area contributed by atoms with Gasteiger partial charge in [-0.05, 0) is 55.0 Å². The molecule has 2 aromatic rings. The zero-order chi connectivity index (χ0) is 13.9. The van der Waals surface area contributed by atoms with Gasteiger partial charge in [0.25, 0.3) is 5.91 Å². The molecule has 0 unspecified atom stereocenters. The standard InChI is InChI=1S/C16H16N2O2/c19-14-9-4-10-17-15(14)16(20)18-13-8-3-6-11-5-1-2-7-12(11)13/h3-4,6,8-10,19H,1-2,5,7H2,(H,18,20). The predicted molar refractivity (Wildman–Crippen MR) is 76.9 cm³/mol. The van der Waals surface area contributed by atoms with Crippen LogP contribution < -0.4 is 5.32 Å². The molecule has 4 nitrogen and oxygen atoms in total. The number of aryl methyl sites for hydroxylation is 1. The minimum absolute atomic E-state index is 0.0564. The molecule has 0 bridgehead atoms. The minimum atomic E-state index is -0.373. The molecule has 1 aromatic heterocycles. The zero-order valence-electron chi connectivity index (χ0n) is 11.1. The number of hydrogen-bond acceptors (Lipinski definition) is 3. The van der Waals surface area contributed by atoms with Gasteiger partial charge in [-0.25, -0.2) is 4.98 Å². The van der Waals surface area contributed by atoms with E-state index in [0.29, 0.717) is 0 Å². The summed E-state index contributed by atoms with van der Waals surface area (Å²) in [7, 11) is 0. The molecule has 1 aliphatic carbocycles. The molecule has 1 amide bonds. The lowest BCUT2D eigenvalue weighted by Gasteiger charge is -2.19. The maximum Gasteiger partial charge on any atom is 0.278 e. The molecule has 0 saturated heterocycles. The highest BCUT2D eigenvalue weighted by molar-refractivity contribution is 6.05. The largest absolute Gasteiger partial charge is 0.505 e. The molecular formula is C16H16N2O2. The van der Waals surface area contributed by atoms with Crippen LogP contribution in [0.2, 0.25) is 0 Å². The van der Waals surface area contributed by atoms with E-state index in [2.05, 4.69) is 16.4 Å². The summed E-state index contributed by atoms with van der Waals surface area (Å²) in [6, 6.07) is 9.03. The van der Waals surface area contributed by atoms with Gasteiger partial charge in [-0.1, -0.05) is 12.1 Å². The predicted octanol–water partition coefficient (Wildman–Crippen LogP) is 2.92. The zero-order valence-corrected chi connectivity index (χ0v) is 11.1. The topological polar surface area (TPSA) is 62.2 Å². The van der Waals surface area contributed by atoms with Gasteiger partial charge in [0, 0.05) is 11.9 Å². The van der Waals surface area contributed by atoms with Gasteiger partial charge in [-0.3, -0.25) is 4.79 Å². The SMILES string of the molecule is O=C(Nc1cccc2c1CCCC2)c1ncccc1O. The molecule has 1 aliphatic rings. The maximum absolute atomic E-state index is 12.2. The Morgan fingerprint density at radius 3 is 2.85 bits per heavy atom. The molecule has 1 heterocycles. The number of pyridine rings is 1. The third-order valence-electron chi connectivity index (χ3n) is 3.65. The lowest BCUT2D eigenvalue weighted by Crippen LogP contribution is -2.16. The molecule has 102 valence electrons. The van der Waals surface area contributed by atoms with Crippen LogP contribution in [0.15, 0.2) is 36.5 Å². The monoisotopic (exact) mass is 268 g/mol. The number of amides is 1. The van der Waals surface area contributed by atoms with Crippen molar-refractivity contribution >= 4 is 11.6 Å². The van der Waals surface area contributed by atoms with Crippen LogP contribution in [0, 0.1) is 0 Å². The van der Waals surface area contributed by atoms with Crippen molar-refractivity contribution in [1.82, 2.24) is 4.98 Å². The molecule has 0 spiro atoms. The van der Waals surface area contributed by atoms with Gasteiger partial charge in [0.2, 0.25) is 0 Å². The van der Waals surface area contributed by atoms with Gasteiger partial charge in [0.15, 0.2) is 5.69 Å². The van der Waals surface area contributed by atoms with E-state index in [1.807, 2.05) is 12.1 Å². The minimum Gasteiger partial charge on any atom is -0.505 e. The first-order valence-electron chi connectivity index (χ1n) is 6.82. The number of anilines is 1. The molecule has 1 aromatic carbocycles. The van der Waals surface area contributed by atoms with E-state index in [1.54, 1.807) is 6.07 Å². The number of aromatic nitrogens is 1. The summed E-state index contributed by atoms with van der Waals surface area (Å²) in [5, 5.41) is 12.5. The summed E-state index contributed by atoms with van der Waals surface area (Å²) in [6.07, 6.45) is 5.89. The van der Waals surface area contributed by atoms with Gasteiger partial charge in [-0.15, -0.1) is 0 Å². The van der Waals surface area contributed by atoms with Gasteiger partial charge in [0.1, 0.15) is 5.75 Å². The molecule has 0 atom stereocenters. The molecular weight excluding hydrogens is 252 g/mol. The van der Waals surface area contributed by atoms with Crippen LogP contribution >= 0.6 is 0 Å². The highest BCUT2D eigenvalue weighted by Crippen LogP contribution is 2.28. The molecule has 0 saturated carbocycles. The summed E-state index contributed by atoms with van der Waals surface area (Å²) in [5.74, 6) is -0.475. The van der Waals surface area contributed by atoms with Crippen molar-refractivity contribution in [3.63, 3.8) is 0 Å². The average Bonchev–Trinajstić information content (AvgIpc) is 2.48. The number of fused-ring (bicyclic) bond motifs is 1. The van der Waals surface area contributed by atoms with Crippen molar-refractivity contribution in [1.29, 1.82) is 0 Å². The molecule has 0 aliphatic heterocycles. The third kappa shape index (κ3) is 2.37. The van der Waals surface area contributed by atoms with Crippen LogP contribution in [0.25, 0.3) is 0 Å². The van der Waals surface area contributed by atoms with E-state index in [1.165, 1.54) is 29.8 Å². The summed E-state index contributed by atoms with van der Waals surface area (Å²) < 4.78 is 0. The van der Waals surface area contributed by atoms with Crippen molar-refractivity contribution in [3.8, 4) is 5.75 Å². The van der Waals surface area contributed by atoms with Crippen LogP contribution in [0.4, 0.5) is 5.69 Å². The first-order chi connectivity index (χ1) is 9.75. The fourth-order valence-electron chi connectivity index (χ4n) is 2.65. The fourth-order valence-corrected chi connectivity index (χ4v) is 2.65. The number of hydrogen-bond donors (Lipinski definition) is 2.